The number of halogens is 1. The summed E-state index contributed by atoms with van der Waals surface area (Å²) in [4.78, 5) is 17.9. The van der Waals surface area contributed by atoms with Gasteiger partial charge in [-0.25, -0.2) is 4.98 Å². The maximum atomic E-state index is 13.2. The van der Waals surface area contributed by atoms with E-state index in [0.29, 0.717) is 5.56 Å². The second-order valence-corrected chi connectivity index (χ2v) is 7.59. The summed E-state index contributed by atoms with van der Waals surface area (Å²) in [6.45, 7) is 2.01. The number of para-hydroxylation sites is 1. The van der Waals surface area contributed by atoms with Gasteiger partial charge in [0.2, 0.25) is 0 Å². The number of hydrogen-bond acceptors (Lipinski definition) is 3. The molecule has 0 aliphatic rings. The lowest BCUT2D eigenvalue weighted by atomic mass is 10.0. The lowest BCUT2D eigenvalue weighted by molar-refractivity contribution is 0.102. The fraction of sp³-hybridized carbons (Fsp3) is 0.0833. The molecule has 1 aromatic heterocycles. The van der Waals surface area contributed by atoms with Gasteiger partial charge in [0.1, 0.15) is 5.75 Å². The number of anilines is 1. The molecule has 29 heavy (non-hydrogen) atoms. The van der Waals surface area contributed by atoms with E-state index in [4.69, 9.17) is 9.72 Å². The fourth-order valence-electron chi connectivity index (χ4n) is 3.18. The fourth-order valence-corrected chi connectivity index (χ4v) is 3.78. The molecular formula is C24H19BrN2O2. The van der Waals surface area contributed by atoms with Crippen molar-refractivity contribution in [3.8, 4) is 17.0 Å². The number of amides is 1. The lowest BCUT2D eigenvalue weighted by Crippen LogP contribution is -2.13. The molecule has 1 heterocycles. The van der Waals surface area contributed by atoms with E-state index in [9.17, 15) is 4.79 Å². The van der Waals surface area contributed by atoms with Crippen molar-refractivity contribution in [1.82, 2.24) is 4.98 Å². The number of hydrogen-bond donors (Lipinski definition) is 1. The molecule has 5 heteroatoms. The highest BCUT2D eigenvalue weighted by atomic mass is 79.9. The van der Waals surface area contributed by atoms with Crippen molar-refractivity contribution in [2.75, 3.05) is 12.4 Å². The molecule has 0 aliphatic carbocycles. The summed E-state index contributed by atoms with van der Waals surface area (Å²) in [5.74, 6) is 0.597. The number of aromatic nitrogens is 1. The minimum absolute atomic E-state index is 0.178. The van der Waals surface area contributed by atoms with Crippen molar-refractivity contribution in [3.05, 3.63) is 88.4 Å². The molecule has 0 atom stereocenters. The third-order valence-corrected chi connectivity index (χ3v) is 5.38. The van der Waals surface area contributed by atoms with Crippen molar-refractivity contribution in [2.45, 2.75) is 6.92 Å². The van der Waals surface area contributed by atoms with Crippen LogP contribution in [0.25, 0.3) is 22.2 Å². The number of nitrogens with one attached hydrogen (secondary N) is 1. The third kappa shape index (κ3) is 4.00. The van der Waals surface area contributed by atoms with E-state index in [0.717, 1.165) is 43.6 Å². The number of rotatable bonds is 4. The van der Waals surface area contributed by atoms with Gasteiger partial charge in [-0.3, -0.25) is 4.79 Å². The summed E-state index contributed by atoms with van der Waals surface area (Å²) in [7, 11) is 1.63. The highest BCUT2D eigenvalue weighted by molar-refractivity contribution is 9.10. The number of carbonyl (C=O) groups is 1. The van der Waals surface area contributed by atoms with E-state index in [-0.39, 0.29) is 5.91 Å². The van der Waals surface area contributed by atoms with E-state index in [1.165, 1.54) is 0 Å². The average molecular weight is 447 g/mol. The molecule has 0 bridgehead atoms. The number of pyridine rings is 1. The van der Waals surface area contributed by atoms with Crippen LogP contribution in [0.4, 0.5) is 5.69 Å². The molecule has 0 saturated heterocycles. The molecule has 0 saturated carbocycles. The Morgan fingerprint density at radius 2 is 1.76 bits per heavy atom. The van der Waals surface area contributed by atoms with Gasteiger partial charge in [0.15, 0.2) is 0 Å². The molecule has 1 N–H and O–H groups in total. The molecular weight excluding hydrogens is 428 g/mol. The Balaban J connectivity index is 1.78. The van der Waals surface area contributed by atoms with Crippen LogP contribution >= 0.6 is 15.9 Å². The number of ether oxygens (including phenoxy) is 1. The van der Waals surface area contributed by atoms with Gasteiger partial charge in [-0.15, -0.1) is 0 Å². The second kappa shape index (κ2) is 8.05. The van der Waals surface area contributed by atoms with Crippen LogP contribution < -0.4 is 10.1 Å². The summed E-state index contributed by atoms with van der Waals surface area (Å²) in [5, 5.41) is 3.82. The monoisotopic (exact) mass is 446 g/mol. The summed E-state index contributed by atoms with van der Waals surface area (Å²) >= 11 is 3.52. The normalized spacial score (nSPS) is 10.7. The van der Waals surface area contributed by atoms with Crippen molar-refractivity contribution in [3.63, 3.8) is 0 Å². The summed E-state index contributed by atoms with van der Waals surface area (Å²) in [6, 6.07) is 23.0. The number of benzene rings is 3. The number of methoxy groups -OCH3 is 1. The van der Waals surface area contributed by atoms with Gasteiger partial charge in [-0.2, -0.15) is 0 Å². The van der Waals surface area contributed by atoms with Crippen LogP contribution in [0.5, 0.6) is 5.75 Å². The van der Waals surface area contributed by atoms with Gasteiger partial charge in [0, 0.05) is 15.4 Å². The molecule has 0 unspecified atom stereocenters. The third-order valence-electron chi connectivity index (χ3n) is 4.72. The topological polar surface area (TPSA) is 51.2 Å². The molecule has 0 spiro atoms. The second-order valence-electron chi connectivity index (χ2n) is 6.74. The standard InChI is InChI=1S/C24H19BrN2O2/c1-15-7-12-22(20(25)13-15)27-24(28)19-14-23(16-8-10-17(29-2)11-9-16)26-21-6-4-3-5-18(19)21/h3-14H,1-2H3,(H,27,28). The molecule has 3 aromatic carbocycles. The van der Waals surface area contributed by atoms with Gasteiger partial charge in [-0.05, 0) is 76.9 Å². The first kappa shape index (κ1) is 19.2. The summed E-state index contributed by atoms with van der Waals surface area (Å²) < 4.78 is 6.08. The minimum Gasteiger partial charge on any atom is -0.497 e. The van der Waals surface area contributed by atoms with Crippen LogP contribution in [0.15, 0.2) is 77.3 Å². The number of carbonyl (C=O) groups excluding carboxylic acids is 1. The number of fused-ring (bicyclic) bond motifs is 1. The van der Waals surface area contributed by atoms with Crippen LogP contribution in [0.3, 0.4) is 0 Å². The highest BCUT2D eigenvalue weighted by Gasteiger charge is 2.15. The highest BCUT2D eigenvalue weighted by Crippen LogP contribution is 2.28. The van der Waals surface area contributed by atoms with E-state index in [1.54, 1.807) is 7.11 Å². The maximum Gasteiger partial charge on any atom is 0.256 e. The number of nitrogens with zero attached hydrogens (tertiary/aromatic N) is 1. The van der Waals surface area contributed by atoms with Crippen LogP contribution in [0.1, 0.15) is 15.9 Å². The van der Waals surface area contributed by atoms with Gasteiger partial charge in [-0.1, -0.05) is 24.3 Å². The molecule has 4 nitrogen and oxygen atoms in total. The molecule has 4 rings (SSSR count). The molecule has 0 aliphatic heterocycles. The van der Waals surface area contributed by atoms with E-state index >= 15 is 0 Å². The SMILES string of the molecule is COc1ccc(-c2cc(C(=O)Nc3ccc(C)cc3Br)c3ccccc3n2)cc1. The van der Waals surface area contributed by atoms with Gasteiger partial charge < -0.3 is 10.1 Å². The maximum absolute atomic E-state index is 13.2. The van der Waals surface area contributed by atoms with Crippen LogP contribution in [0.2, 0.25) is 0 Å². The van der Waals surface area contributed by atoms with E-state index < -0.39 is 0 Å². The Labute approximate surface area is 177 Å². The van der Waals surface area contributed by atoms with Gasteiger partial charge >= 0.3 is 0 Å². The zero-order valence-corrected chi connectivity index (χ0v) is 17.7. The Morgan fingerprint density at radius 1 is 1.00 bits per heavy atom. The first-order valence-corrected chi connectivity index (χ1v) is 9.96. The van der Waals surface area contributed by atoms with Gasteiger partial charge in [0.25, 0.3) is 5.91 Å². The smallest absolute Gasteiger partial charge is 0.256 e. The molecule has 1 amide bonds. The molecule has 4 aromatic rings. The van der Waals surface area contributed by atoms with E-state index in [2.05, 4.69) is 21.2 Å². The summed E-state index contributed by atoms with van der Waals surface area (Å²) in [6.07, 6.45) is 0. The number of aryl methyl sites for hydroxylation is 1. The Bertz CT molecular complexity index is 1200. The van der Waals surface area contributed by atoms with Crippen molar-refractivity contribution in [2.24, 2.45) is 0 Å². The Hall–Kier alpha value is -3.18. The predicted octanol–water partition coefficient (Wildman–Crippen LogP) is 6.23. The van der Waals surface area contributed by atoms with Crippen molar-refractivity contribution >= 4 is 38.4 Å². The van der Waals surface area contributed by atoms with Crippen molar-refractivity contribution in [1.29, 1.82) is 0 Å². The molecule has 0 fully saturated rings. The van der Waals surface area contributed by atoms with Crippen molar-refractivity contribution < 1.29 is 9.53 Å². The molecule has 0 radical (unpaired) electrons. The first-order valence-electron chi connectivity index (χ1n) is 9.17. The zero-order chi connectivity index (χ0) is 20.4. The quantitative estimate of drug-likeness (QED) is 0.403. The largest absolute Gasteiger partial charge is 0.497 e. The Kier molecular flexibility index (Phi) is 5.32. The van der Waals surface area contributed by atoms with Crippen LogP contribution in [0, 0.1) is 6.92 Å². The molecule has 144 valence electrons. The van der Waals surface area contributed by atoms with Crippen LogP contribution in [-0.2, 0) is 0 Å². The Morgan fingerprint density at radius 3 is 2.48 bits per heavy atom. The minimum atomic E-state index is -0.178. The van der Waals surface area contributed by atoms with Gasteiger partial charge in [0.05, 0.1) is 29.6 Å². The predicted molar refractivity (Wildman–Crippen MR) is 121 cm³/mol. The van der Waals surface area contributed by atoms with E-state index in [1.807, 2.05) is 79.7 Å². The van der Waals surface area contributed by atoms with Crippen LogP contribution in [-0.4, -0.2) is 18.0 Å². The zero-order valence-electron chi connectivity index (χ0n) is 16.1. The first-order chi connectivity index (χ1) is 14.0. The lowest BCUT2D eigenvalue weighted by Gasteiger charge is -2.12. The average Bonchev–Trinajstić information content (AvgIpc) is 2.75. The summed E-state index contributed by atoms with van der Waals surface area (Å²) in [5.41, 5.74) is 4.85.